The monoisotopic (exact) mass is 735 g/mol. The summed E-state index contributed by atoms with van der Waals surface area (Å²) in [6.45, 7) is 0.321. The first-order valence-electron chi connectivity index (χ1n) is 15.5. The van der Waals surface area contributed by atoms with Gasteiger partial charge in [0.1, 0.15) is 30.5 Å². The molecular weight excluding hydrogens is 697 g/mol. The van der Waals surface area contributed by atoms with Crippen LogP contribution in [0, 0.1) is 6.92 Å². The molecule has 0 aliphatic carbocycles. The van der Waals surface area contributed by atoms with Gasteiger partial charge >= 0.3 is 19.5 Å². The van der Waals surface area contributed by atoms with Crippen LogP contribution in [0.1, 0.15) is 23.1 Å². The summed E-state index contributed by atoms with van der Waals surface area (Å²) in [5.74, 6) is -2.87. The lowest BCUT2D eigenvalue weighted by Gasteiger charge is -2.36. The van der Waals surface area contributed by atoms with Gasteiger partial charge in [-0.1, -0.05) is 42.5 Å². The quantitative estimate of drug-likeness (QED) is 0.0583. The number of phosphoric acid groups is 1. The molecule has 6 atom stereocenters. The number of carbonyl (C=O) groups is 3. The van der Waals surface area contributed by atoms with E-state index < -0.39 is 86.6 Å². The number of aliphatic hydroxyl groups excluding tert-OH is 3. The van der Waals surface area contributed by atoms with E-state index in [1.165, 1.54) is 37.4 Å². The van der Waals surface area contributed by atoms with Crippen molar-refractivity contribution in [2.45, 2.75) is 69.4 Å². The highest BCUT2D eigenvalue weighted by molar-refractivity contribution is 7.46. The summed E-state index contributed by atoms with van der Waals surface area (Å²) >= 11 is 0. The molecule has 1 aliphatic rings. The first-order chi connectivity index (χ1) is 24.1. The summed E-state index contributed by atoms with van der Waals surface area (Å²) < 4.78 is 21.8. The van der Waals surface area contributed by atoms with E-state index >= 15 is 0 Å². The van der Waals surface area contributed by atoms with E-state index in [-0.39, 0.29) is 30.6 Å². The second-order valence-electron chi connectivity index (χ2n) is 11.7. The zero-order valence-electron chi connectivity index (χ0n) is 27.1. The van der Waals surface area contributed by atoms with Crippen LogP contribution in [0.5, 0.6) is 5.75 Å². The van der Waals surface area contributed by atoms with Gasteiger partial charge in [0.15, 0.2) is 6.29 Å². The van der Waals surface area contributed by atoms with Crippen molar-refractivity contribution in [2.75, 3.05) is 6.61 Å². The van der Waals surface area contributed by atoms with E-state index in [1.807, 2.05) is 0 Å². The molecule has 20 heteroatoms. The van der Waals surface area contributed by atoms with Crippen LogP contribution >= 0.6 is 7.82 Å². The first-order valence-corrected chi connectivity index (χ1v) is 17.0. The van der Waals surface area contributed by atoms with Gasteiger partial charge in [-0.25, -0.2) is 14.2 Å². The van der Waals surface area contributed by atoms with Gasteiger partial charge in [-0.15, -0.1) is 5.48 Å². The Kier molecular flexibility index (Phi) is 13.4. The fraction of sp³-hybridized carbons (Fsp3) is 0.387. The zero-order valence-corrected chi connectivity index (χ0v) is 28.0. The third kappa shape index (κ3) is 11.7. The smallest absolute Gasteiger partial charge is 0.404 e. The Balaban J connectivity index is 1.55. The molecule has 0 bridgehead atoms. The topological polar surface area (TPSA) is 288 Å². The van der Waals surface area contributed by atoms with Gasteiger partial charge in [-0.05, 0) is 36.6 Å². The molecule has 276 valence electrons. The van der Waals surface area contributed by atoms with E-state index in [2.05, 4.69) is 25.6 Å². The number of carbonyl (C=O) groups excluding carboxylic acids is 3. The number of aliphatic hydroxyl groups is 3. The summed E-state index contributed by atoms with van der Waals surface area (Å²) in [6, 6.07) is 9.87. The summed E-state index contributed by atoms with van der Waals surface area (Å²) in [7, 11) is -4.86. The number of hydroxylamine groups is 1. The van der Waals surface area contributed by atoms with Gasteiger partial charge in [0.2, 0.25) is 11.8 Å². The minimum absolute atomic E-state index is 0.0537. The summed E-state index contributed by atoms with van der Waals surface area (Å²) in [4.78, 5) is 89.8. The van der Waals surface area contributed by atoms with Gasteiger partial charge in [0.05, 0.1) is 18.8 Å². The first kappa shape index (κ1) is 39.1. The number of amides is 2. The largest absolute Gasteiger partial charge is 0.524 e. The number of hydrogen-bond donors (Lipinski definition) is 9. The number of rotatable bonds is 15. The molecular formula is C31H38N5O14P. The second-order valence-corrected chi connectivity index (χ2v) is 12.9. The molecule has 0 unspecified atom stereocenters. The maximum atomic E-state index is 13.8. The van der Waals surface area contributed by atoms with E-state index in [1.54, 1.807) is 30.3 Å². The predicted octanol–water partition coefficient (Wildman–Crippen LogP) is -2.35. The number of ether oxygens (including phenoxy) is 1. The number of aromatic nitrogens is 2. The van der Waals surface area contributed by atoms with Crippen molar-refractivity contribution in [1.29, 1.82) is 0 Å². The molecule has 0 radical (unpaired) electrons. The van der Waals surface area contributed by atoms with E-state index in [0.29, 0.717) is 11.1 Å². The lowest BCUT2D eigenvalue weighted by atomic mass is 10.0. The lowest BCUT2D eigenvalue weighted by molar-refractivity contribution is -0.236. The third-order valence-electron chi connectivity index (χ3n) is 7.70. The van der Waals surface area contributed by atoms with Crippen LogP contribution in [0.15, 0.2) is 70.4 Å². The molecule has 0 saturated carbocycles. The molecule has 4 rings (SSSR count). The Hall–Kier alpha value is -4.72. The van der Waals surface area contributed by atoms with Crippen molar-refractivity contribution in [1.82, 2.24) is 25.7 Å². The van der Waals surface area contributed by atoms with Crippen LogP contribution in [0.25, 0.3) is 0 Å². The molecule has 1 fully saturated rings. The van der Waals surface area contributed by atoms with Crippen molar-refractivity contribution < 1.29 is 58.2 Å². The maximum absolute atomic E-state index is 13.8. The summed E-state index contributed by atoms with van der Waals surface area (Å²) in [6.07, 6.45) is -3.15. The van der Waals surface area contributed by atoms with Crippen LogP contribution in [0.2, 0.25) is 0 Å². The van der Waals surface area contributed by atoms with Crippen molar-refractivity contribution in [3.05, 3.63) is 98.3 Å². The Labute approximate surface area is 289 Å². The third-order valence-corrected chi connectivity index (χ3v) is 8.15. The van der Waals surface area contributed by atoms with Crippen LogP contribution in [-0.2, 0) is 47.9 Å². The average molecular weight is 736 g/mol. The molecule has 1 saturated heterocycles. The minimum Gasteiger partial charge on any atom is -0.404 e. The van der Waals surface area contributed by atoms with Crippen molar-refractivity contribution >= 4 is 25.6 Å². The van der Waals surface area contributed by atoms with Crippen molar-refractivity contribution in [3.8, 4) is 5.75 Å². The summed E-state index contributed by atoms with van der Waals surface area (Å²) in [5.41, 5.74) is 2.02. The van der Waals surface area contributed by atoms with Gasteiger partial charge in [0.25, 0.3) is 5.56 Å². The fourth-order valence-corrected chi connectivity index (χ4v) is 5.48. The normalized spacial score (nSPS) is 20.1. The summed E-state index contributed by atoms with van der Waals surface area (Å²) in [5, 5.41) is 34.8. The van der Waals surface area contributed by atoms with Gasteiger partial charge in [0, 0.05) is 24.6 Å². The second kappa shape index (κ2) is 17.5. The number of nitrogens with zero attached hydrogens (tertiary/aromatic N) is 1. The predicted molar refractivity (Wildman–Crippen MR) is 174 cm³/mol. The molecule has 2 amide bonds. The van der Waals surface area contributed by atoms with Crippen LogP contribution in [0.3, 0.4) is 0 Å². The van der Waals surface area contributed by atoms with Crippen molar-refractivity contribution in [3.63, 3.8) is 0 Å². The Bertz CT molecular complexity index is 1830. The number of hydrogen-bond acceptors (Lipinski definition) is 13. The number of aryl methyl sites for hydroxylation is 1. The van der Waals surface area contributed by atoms with Crippen LogP contribution in [0.4, 0.5) is 0 Å². The molecule has 51 heavy (non-hydrogen) atoms. The number of nitrogens with one attached hydrogen (secondary N) is 4. The van der Waals surface area contributed by atoms with Crippen LogP contribution < -0.4 is 31.9 Å². The van der Waals surface area contributed by atoms with Gasteiger partial charge in [-0.3, -0.25) is 33.7 Å². The van der Waals surface area contributed by atoms with Crippen molar-refractivity contribution in [2.24, 2.45) is 0 Å². The highest BCUT2D eigenvalue weighted by Crippen LogP contribution is 2.37. The molecule has 3 aromatic rings. The molecule has 2 heterocycles. The molecule has 19 nitrogen and oxygen atoms in total. The number of aromatic amines is 1. The van der Waals surface area contributed by atoms with E-state index in [0.717, 1.165) is 4.57 Å². The Morgan fingerprint density at radius 1 is 1.00 bits per heavy atom. The number of H-pyrrole nitrogens is 1. The minimum atomic E-state index is -4.86. The number of phosphoric ester groups is 1. The van der Waals surface area contributed by atoms with Crippen LogP contribution in [-0.4, -0.2) is 95.7 Å². The highest BCUT2D eigenvalue weighted by Gasteiger charge is 2.37. The molecule has 9 N–H and O–H groups in total. The average Bonchev–Trinajstić information content (AvgIpc) is 3.07. The van der Waals surface area contributed by atoms with E-state index in [9.17, 15) is 43.9 Å². The Morgan fingerprint density at radius 2 is 1.65 bits per heavy atom. The SMILES string of the molecule is Cc1cn(CC(=O)N[C@@H](Cc2ccccc2)C(=O)N[C@@H](Cc2ccc(OP(=O)(O)O)cc2)C(=O)ON[C@@H]2C[C@H](O)[C@@H](CO)O[C@H]2O)c(=O)[nH]c1=O. The standard InChI is InChI=1S/C31H38N5O14P/c1-17-14-36(31(44)34-27(17)40)15-26(39)32-21(11-18-5-3-2-4-6-18)28(41)33-22(12-19-7-9-20(10-8-19)50-51(45,46)47)30(43)49-35-23-13-24(38)25(16-37)48-29(23)42/h2-10,14,21-25,29,35,37-38,42H,11-13,15-16H2,1H3,(H,32,39)(H,33,41)(H,34,40,44)(H2,45,46,47)/t21-,22-,23+,24-,25+,29+/m0/s1. The zero-order chi connectivity index (χ0) is 37.3. The Morgan fingerprint density at radius 3 is 2.29 bits per heavy atom. The maximum Gasteiger partial charge on any atom is 0.524 e. The molecule has 1 aromatic heterocycles. The molecule has 2 aromatic carbocycles. The number of benzene rings is 2. The lowest BCUT2D eigenvalue weighted by Crippen LogP contribution is -2.57. The van der Waals surface area contributed by atoms with E-state index in [4.69, 9.17) is 19.4 Å². The fourth-order valence-electron chi connectivity index (χ4n) is 5.08. The highest BCUT2D eigenvalue weighted by atomic mass is 31.2. The van der Waals surface area contributed by atoms with Gasteiger partial charge in [-0.2, -0.15) is 0 Å². The molecule has 1 aliphatic heterocycles. The van der Waals surface area contributed by atoms with Gasteiger partial charge < -0.3 is 40.1 Å². The molecule has 0 spiro atoms.